The first kappa shape index (κ1) is 14.9. The Kier molecular flexibility index (Phi) is 3.86. The Bertz CT molecular complexity index is 796. The third kappa shape index (κ3) is 3.32. The van der Waals surface area contributed by atoms with Crippen LogP contribution in [0, 0.1) is 10.1 Å². The number of nitrogens with one attached hydrogen (secondary N) is 1. The van der Waals surface area contributed by atoms with Crippen LogP contribution in [0.4, 0.5) is 10.8 Å². The number of carboxylic acid groups (broad SMARTS) is 1. The zero-order chi connectivity index (χ0) is 15.6. The molecule has 0 atom stereocenters. The quantitative estimate of drug-likeness (QED) is 0.626. The largest absolute Gasteiger partial charge is 0.477 e. The first-order valence-electron chi connectivity index (χ1n) is 5.26. The number of hydrogen-bond donors (Lipinski definition) is 2. The molecule has 0 saturated heterocycles. The van der Waals surface area contributed by atoms with Crippen LogP contribution < -0.4 is 4.72 Å². The smallest absolute Gasteiger partial charge is 0.363 e. The molecule has 2 heterocycles. The van der Waals surface area contributed by atoms with E-state index in [-0.39, 0.29) is 14.8 Å². The number of pyridine rings is 1. The molecule has 0 fully saturated rings. The van der Waals surface area contributed by atoms with Crippen molar-refractivity contribution in [1.82, 2.24) is 4.98 Å². The molecule has 110 valence electrons. The summed E-state index contributed by atoms with van der Waals surface area (Å²) in [6.45, 7) is 0. The molecular weight excluding hydrogens is 322 g/mol. The van der Waals surface area contributed by atoms with E-state index in [1.165, 1.54) is 12.1 Å². The van der Waals surface area contributed by atoms with Crippen LogP contribution in [0.3, 0.4) is 0 Å². The number of hydrogen-bond acceptors (Lipinski definition) is 7. The van der Waals surface area contributed by atoms with Gasteiger partial charge in [-0.3, -0.25) is 4.72 Å². The highest BCUT2D eigenvalue weighted by Crippen LogP contribution is 2.25. The van der Waals surface area contributed by atoms with Crippen molar-refractivity contribution < 1.29 is 23.2 Å². The van der Waals surface area contributed by atoms with Crippen molar-refractivity contribution >= 4 is 38.1 Å². The minimum atomic E-state index is -3.99. The zero-order valence-corrected chi connectivity index (χ0v) is 11.7. The third-order valence-corrected chi connectivity index (χ3v) is 4.74. The lowest BCUT2D eigenvalue weighted by molar-refractivity contribution is -0.389. The number of carbonyl (C=O) groups is 1. The Morgan fingerprint density at radius 2 is 2.05 bits per heavy atom. The van der Waals surface area contributed by atoms with Crippen LogP contribution >= 0.6 is 11.3 Å². The molecule has 2 aromatic rings. The van der Waals surface area contributed by atoms with E-state index < -0.39 is 26.7 Å². The predicted molar refractivity (Wildman–Crippen MR) is 73.0 cm³/mol. The van der Waals surface area contributed by atoms with Crippen molar-refractivity contribution in [2.45, 2.75) is 4.90 Å². The van der Waals surface area contributed by atoms with E-state index in [1.54, 1.807) is 0 Å². The molecule has 2 rings (SSSR count). The van der Waals surface area contributed by atoms with Gasteiger partial charge in [0.2, 0.25) is 0 Å². The van der Waals surface area contributed by atoms with Crippen molar-refractivity contribution in [3.05, 3.63) is 45.5 Å². The number of aromatic carboxylic acids is 1. The number of nitro groups is 1. The van der Waals surface area contributed by atoms with Crippen LogP contribution in [0.25, 0.3) is 0 Å². The van der Waals surface area contributed by atoms with Crippen LogP contribution in [-0.2, 0) is 10.0 Å². The number of carboxylic acids is 1. The van der Waals surface area contributed by atoms with E-state index in [0.29, 0.717) is 0 Å². The molecule has 2 N–H and O–H groups in total. The maximum Gasteiger partial charge on any atom is 0.363 e. The highest BCUT2D eigenvalue weighted by molar-refractivity contribution is 7.93. The summed E-state index contributed by atoms with van der Waals surface area (Å²) in [6, 6.07) is 4.58. The van der Waals surface area contributed by atoms with Crippen LogP contribution in [-0.4, -0.2) is 29.4 Å². The average Bonchev–Trinajstić information content (AvgIpc) is 2.87. The van der Waals surface area contributed by atoms with Gasteiger partial charge in [0.25, 0.3) is 10.0 Å². The monoisotopic (exact) mass is 329 g/mol. The highest BCUT2D eigenvalue weighted by Gasteiger charge is 2.19. The fourth-order valence-corrected chi connectivity index (χ4v) is 3.32. The fraction of sp³-hybridized carbons (Fsp3) is 0. The van der Waals surface area contributed by atoms with Crippen LogP contribution in [0.1, 0.15) is 9.67 Å². The molecule has 21 heavy (non-hydrogen) atoms. The third-order valence-electron chi connectivity index (χ3n) is 2.27. The standard InChI is InChI=1S/C10H7N3O6S2/c14-10(15)7-2-4-9(20-7)12-21(18,19)6-1-3-8(11-5-6)13(16)17/h1-5,12H,(H,14,15). The molecule has 0 radical (unpaired) electrons. The number of sulfonamides is 1. The molecule has 0 aliphatic carbocycles. The van der Waals surface area contributed by atoms with Gasteiger partial charge in [-0.15, -0.1) is 11.3 Å². The molecule has 2 aromatic heterocycles. The Morgan fingerprint density at radius 3 is 2.52 bits per heavy atom. The van der Waals surface area contributed by atoms with E-state index in [2.05, 4.69) is 9.71 Å². The average molecular weight is 329 g/mol. The zero-order valence-electron chi connectivity index (χ0n) is 10.1. The van der Waals surface area contributed by atoms with Gasteiger partial charge in [0.15, 0.2) is 6.20 Å². The molecule has 0 bridgehead atoms. The van der Waals surface area contributed by atoms with E-state index in [4.69, 9.17) is 5.11 Å². The lowest BCUT2D eigenvalue weighted by atomic mass is 10.5. The van der Waals surface area contributed by atoms with Crippen LogP contribution in [0.2, 0.25) is 0 Å². The summed E-state index contributed by atoms with van der Waals surface area (Å²) in [6.07, 6.45) is 0.853. The van der Waals surface area contributed by atoms with Gasteiger partial charge in [0, 0.05) is 6.07 Å². The molecule has 11 heteroatoms. The topological polar surface area (TPSA) is 140 Å². The van der Waals surface area contributed by atoms with Gasteiger partial charge in [-0.25, -0.2) is 13.2 Å². The molecule has 9 nitrogen and oxygen atoms in total. The van der Waals surface area contributed by atoms with E-state index >= 15 is 0 Å². The number of aromatic nitrogens is 1. The summed E-state index contributed by atoms with van der Waals surface area (Å²) in [5.41, 5.74) is 0. The van der Waals surface area contributed by atoms with E-state index in [1.807, 2.05) is 0 Å². The van der Waals surface area contributed by atoms with Crippen molar-refractivity contribution in [3.63, 3.8) is 0 Å². The van der Waals surface area contributed by atoms with Gasteiger partial charge in [-0.05, 0) is 28.1 Å². The highest BCUT2D eigenvalue weighted by atomic mass is 32.2. The Balaban J connectivity index is 2.24. The number of nitrogens with zero attached hydrogens (tertiary/aromatic N) is 2. The molecule has 0 saturated carbocycles. The minimum Gasteiger partial charge on any atom is -0.477 e. The van der Waals surface area contributed by atoms with E-state index in [9.17, 15) is 23.3 Å². The predicted octanol–water partition coefficient (Wildman–Crippen LogP) is 1.55. The first-order valence-corrected chi connectivity index (χ1v) is 7.56. The van der Waals surface area contributed by atoms with Crippen molar-refractivity contribution in [3.8, 4) is 0 Å². The molecular formula is C10H7N3O6S2. The van der Waals surface area contributed by atoms with Gasteiger partial charge in [0.05, 0.1) is 0 Å². The maximum atomic E-state index is 12.0. The lowest BCUT2D eigenvalue weighted by Crippen LogP contribution is -2.12. The van der Waals surface area contributed by atoms with Gasteiger partial charge in [0.1, 0.15) is 14.8 Å². The van der Waals surface area contributed by atoms with Gasteiger partial charge in [-0.2, -0.15) is 0 Å². The van der Waals surface area contributed by atoms with Gasteiger partial charge < -0.3 is 15.2 Å². The number of thiophene rings is 1. The molecule has 0 aromatic carbocycles. The van der Waals surface area contributed by atoms with Crippen molar-refractivity contribution in [2.24, 2.45) is 0 Å². The summed E-state index contributed by atoms with van der Waals surface area (Å²) >= 11 is 0.752. The Labute approximate surface area is 122 Å². The summed E-state index contributed by atoms with van der Waals surface area (Å²) in [4.78, 5) is 23.5. The summed E-state index contributed by atoms with van der Waals surface area (Å²) in [5.74, 6) is -1.64. The Morgan fingerprint density at radius 1 is 1.33 bits per heavy atom. The SMILES string of the molecule is O=C(O)c1ccc(NS(=O)(=O)c2ccc([N+](=O)[O-])nc2)s1. The lowest BCUT2D eigenvalue weighted by Gasteiger charge is -2.03. The van der Waals surface area contributed by atoms with Crippen LogP contribution in [0.5, 0.6) is 0 Å². The fourth-order valence-electron chi connectivity index (χ4n) is 1.34. The first-order chi connectivity index (χ1) is 9.79. The van der Waals surface area contributed by atoms with Gasteiger partial charge in [-0.1, -0.05) is 0 Å². The second-order valence-electron chi connectivity index (χ2n) is 3.68. The maximum absolute atomic E-state index is 12.0. The van der Waals surface area contributed by atoms with E-state index in [0.717, 1.165) is 29.7 Å². The molecule has 0 amide bonds. The molecule has 0 unspecified atom stereocenters. The number of rotatable bonds is 5. The van der Waals surface area contributed by atoms with Gasteiger partial charge >= 0.3 is 11.8 Å². The normalized spacial score (nSPS) is 11.0. The molecule has 0 aliphatic rings. The Hall–Kier alpha value is -2.53. The second kappa shape index (κ2) is 5.46. The summed E-state index contributed by atoms with van der Waals surface area (Å²) in [7, 11) is -3.99. The van der Waals surface area contributed by atoms with Crippen molar-refractivity contribution in [2.75, 3.05) is 4.72 Å². The van der Waals surface area contributed by atoms with Crippen LogP contribution in [0.15, 0.2) is 35.4 Å². The summed E-state index contributed by atoms with van der Waals surface area (Å²) in [5, 5.41) is 19.3. The molecule has 0 aliphatic heterocycles. The number of anilines is 1. The summed E-state index contributed by atoms with van der Waals surface area (Å²) < 4.78 is 26.2. The van der Waals surface area contributed by atoms with Crippen molar-refractivity contribution in [1.29, 1.82) is 0 Å². The minimum absolute atomic E-state index is 0.0190. The molecule has 0 spiro atoms. The second-order valence-corrected chi connectivity index (χ2v) is 6.45.